The van der Waals surface area contributed by atoms with E-state index in [2.05, 4.69) is 9.80 Å². The van der Waals surface area contributed by atoms with Crippen LogP contribution < -0.4 is 4.74 Å². The summed E-state index contributed by atoms with van der Waals surface area (Å²) in [6.45, 7) is 6.37. The lowest BCUT2D eigenvalue weighted by atomic mass is 10.0. The number of amides is 1. The van der Waals surface area contributed by atoms with E-state index in [1.165, 1.54) is 12.8 Å². The van der Waals surface area contributed by atoms with E-state index in [-0.39, 0.29) is 12.4 Å². The van der Waals surface area contributed by atoms with Crippen molar-refractivity contribution in [3.05, 3.63) is 54.0 Å². The molecular weight excluding hydrogens is 398 g/mol. The van der Waals surface area contributed by atoms with Crippen LogP contribution in [0.4, 0.5) is 0 Å². The van der Waals surface area contributed by atoms with Crippen LogP contribution in [0.1, 0.15) is 29.0 Å². The minimum atomic E-state index is -0.250. The van der Waals surface area contributed by atoms with Crippen LogP contribution >= 0.6 is 0 Å². The van der Waals surface area contributed by atoms with Crippen LogP contribution in [0.25, 0.3) is 0 Å². The molecule has 0 aliphatic carbocycles. The van der Waals surface area contributed by atoms with Crippen molar-refractivity contribution in [2.75, 3.05) is 46.4 Å². The first-order valence-corrected chi connectivity index (χ1v) is 10.6. The van der Waals surface area contributed by atoms with Gasteiger partial charge < -0.3 is 19.2 Å². The summed E-state index contributed by atoms with van der Waals surface area (Å²) in [5, 5.41) is 6.89. The predicted octanol–water partition coefficient (Wildman–Crippen LogP) is 2.41. The quantitative estimate of drug-likeness (QED) is 0.731. The number of furan rings is 1. The maximum atomic E-state index is 12.8. The molecule has 0 saturated carbocycles. The second-order valence-electron chi connectivity index (χ2n) is 7.75. The van der Waals surface area contributed by atoms with Gasteiger partial charge in [-0.15, -0.1) is 0 Å². The molecule has 0 bridgehead atoms. The summed E-state index contributed by atoms with van der Waals surface area (Å²) in [5.41, 5.74) is 0.707. The SMILES string of the molecule is COc1cccc(C(=O)N2CCN(C3CCN(Cc4ccco4)CC3)CC2)c1.O=CO. The summed E-state index contributed by atoms with van der Waals surface area (Å²) in [6.07, 6.45) is 4.11. The number of carboxylic acid groups (broad SMARTS) is 1. The number of hydrogen-bond acceptors (Lipinski definition) is 6. The number of methoxy groups -OCH3 is 1. The molecule has 8 heteroatoms. The van der Waals surface area contributed by atoms with Gasteiger partial charge in [-0.1, -0.05) is 6.07 Å². The molecule has 1 aromatic heterocycles. The monoisotopic (exact) mass is 429 g/mol. The minimum Gasteiger partial charge on any atom is -0.497 e. The number of rotatable bonds is 5. The first-order valence-electron chi connectivity index (χ1n) is 10.6. The highest BCUT2D eigenvalue weighted by molar-refractivity contribution is 5.94. The van der Waals surface area contributed by atoms with Crippen LogP contribution in [-0.2, 0) is 11.3 Å². The third kappa shape index (κ3) is 6.32. The van der Waals surface area contributed by atoms with Gasteiger partial charge in [-0.3, -0.25) is 19.4 Å². The van der Waals surface area contributed by atoms with Crippen molar-refractivity contribution in [2.24, 2.45) is 0 Å². The summed E-state index contributed by atoms with van der Waals surface area (Å²) in [4.78, 5) is 28.2. The van der Waals surface area contributed by atoms with Crippen LogP contribution in [0.3, 0.4) is 0 Å². The summed E-state index contributed by atoms with van der Waals surface area (Å²) in [6, 6.07) is 12.1. The Morgan fingerprint density at radius 2 is 1.84 bits per heavy atom. The third-order valence-electron chi connectivity index (χ3n) is 5.95. The summed E-state index contributed by atoms with van der Waals surface area (Å²) in [7, 11) is 1.63. The zero-order valence-electron chi connectivity index (χ0n) is 18.0. The zero-order chi connectivity index (χ0) is 22.1. The van der Waals surface area contributed by atoms with E-state index in [0.717, 1.165) is 57.3 Å². The molecule has 3 heterocycles. The van der Waals surface area contributed by atoms with Gasteiger partial charge in [0.2, 0.25) is 0 Å². The van der Waals surface area contributed by atoms with Gasteiger partial charge in [-0.05, 0) is 43.2 Å². The maximum Gasteiger partial charge on any atom is 0.290 e. The van der Waals surface area contributed by atoms with Crippen LogP contribution in [0.2, 0.25) is 0 Å². The van der Waals surface area contributed by atoms with Gasteiger partial charge in [0.15, 0.2) is 0 Å². The number of piperidine rings is 1. The Hall–Kier alpha value is -2.84. The highest BCUT2D eigenvalue weighted by Crippen LogP contribution is 2.21. The van der Waals surface area contributed by atoms with Gasteiger partial charge in [0.1, 0.15) is 11.5 Å². The van der Waals surface area contributed by atoms with Gasteiger partial charge in [0.25, 0.3) is 12.4 Å². The number of likely N-dealkylation sites (tertiary alicyclic amines) is 1. The Kier molecular flexibility index (Phi) is 8.49. The predicted molar refractivity (Wildman–Crippen MR) is 116 cm³/mol. The standard InChI is InChI=1S/C22H29N3O3.CH2O2/c1-27-20-5-2-4-18(16-20)22(26)25-13-11-24(12-14-25)19-7-9-23(10-8-19)17-21-6-3-15-28-21;2-1-3/h2-6,15-16,19H,7-14,17H2,1H3;1H,(H,2,3). The van der Waals surface area contributed by atoms with E-state index in [1.807, 2.05) is 41.3 Å². The largest absolute Gasteiger partial charge is 0.497 e. The van der Waals surface area contributed by atoms with Crippen molar-refractivity contribution in [2.45, 2.75) is 25.4 Å². The van der Waals surface area contributed by atoms with Crippen molar-refractivity contribution in [3.8, 4) is 5.75 Å². The van der Waals surface area contributed by atoms with E-state index in [1.54, 1.807) is 13.4 Å². The zero-order valence-corrected chi connectivity index (χ0v) is 18.0. The maximum absolute atomic E-state index is 12.8. The third-order valence-corrected chi connectivity index (χ3v) is 5.95. The van der Waals surface area contributed by atoms with Crippen LogP contribution in [0.15, 0.2) is 47.1 Å². The number of ether oxygens (including phenoxy) is 1. The molecular formula is C23H31N3O5. The molecule has 4 rings (SSSR count). The van der Waals surface area contributed by atoms with E-state index in [9.17, 15) is 4.79 Å². The molecule has 2 aliphatic rings. The molecule has 1 amide bonds. The van der Waals surface area contributed by atoms with Crippen molar-refractivity contribution in [1.29, 1.82) is 0 Å². The van der Waals surface area contributed by atoms with Gasteiger partial charge in [-0.25, -0.2) is 0 Å². The van der Waals surface area contributed by atoms with Gasteiger partial charge in [0.05, 0.1) is 19.9 Å². The van der Waals surface area contributed by atoms with Crippen molar-refractivity contribution >= 4 is 12.4 Å². The molecule has 1 N–H and O–H groups in total. The molecule has 1 aromatic carbocycles. The molecule has 2 saturated heterocycles. The van der Waals surface area contributed by atoms with Crippen LogP contribution in [-0.4, -0.2) is 84.6 Å². The van der Waals surface area contributed by atoms with E-state index in [4.69, 9.17) is 19.1 Å². The highest BCUT2D eigenvalue weighted by Gasteiger charge is 2.29. The van der Waals surface area contributed by atoms with E-state index in [0.29, 0.717) is 11.6 Å². The normalized spacial score (nSPS) is 18.2. The molecule has 0 atom stereocenters. The second-order valence-corrected chi connectivity index (χ2v) is 7.75. The fraction of sp³-hybridized carbons (Fsp3) is 0.478. The number of carbonyl (C=O) groups excluding carboxylic acids is 1. The van der Waals surface area contributed by atoms with Gasteiger partial charge in [0, 0.05) is 50.9 Å². The van der Waals surface area contributed by atoms with Gasteiger partial charge in [-0.2, -0.15) is 0 Å². The molecule has 2 aromatic rings. The summed E-state index contributed by atoms with van der Waals surface area (Å²) < 4.78 is 10.7. The summed E-state index contributed by atoms with van der Waals surface area (Å²) in [5.74, 6) is 1.88. The Labute approximate surface area is 183 Å². The lowest BCUT2D eigenvalue weighted by molar-refractivity contribution is -0.122. The van der Waals surface area contributed by atoms with E-state index < -0.39 is 0 Å². The Bertz CT molecular complexity index is 810. The van der Waals surface area contributed by atoms with Gasteiger partial charge >= 0.3 is 0 Å². The number of nitrogens with zero attached hydrogens (tertiary/aromatic N) is 3. The Morgan fingerprint density at radius 1 is 1.13 bits per heavy atom. The van der Waals surface area contributed by atoms with Crippen LogP contribution in [0.5, 0.6) is 5.75 Å². The smallest absolute Gasteiger partial charge is 0.290 e. The number of carbonyl (C=O) groups is 2. The van der Waals surface area contributed by atoms with Crippen molar-refractivity contribution < 1.29 is 23.8 Å². The molecule has 0 spiro atoms. The number of piperazine rings is 1. The minimum absolute atomic E-state index is 0.104. The average molecular weight is 430 g/mol. The molecule has 0 unspecified atom stereocenters. The average Bonchev–Trinajstić information content (AvgIpc) is 3.33. The lowest BCUT2D eigenvalue weighted by Gasteiger charge is -2.42. The molecule has 31 heavy (non-hydrogen) atoms. The number of hydrogen-bond donors (Lipinski definition) is 1. The topological polar surface area (TPSA) is 86.5 Å². The first kappa shape index (κ1) is 22.8. The lowest BCUT2D eigenvalue weighted by Crippen LogP contribution is -2.54. The Balaban J connectivity index is 0.000000858. The van der Waals surface area contributed by atoms with Crippen molar-refractivity contribution in [3.63, 3.8) is 0 Å². The second kappa shape index (κ2) is 11.5. The first-order chi connectivity index (χ1) is 15.1. The van der Waals surface area contributed by atoms with E-state index >= 15 is 0 Å². The van der Waals surface area contributed by atoms with Crippen LogP contribution in [0, 0.1) is 0 Å². The molecule has 168 valence electrons. The molecule has 2 fully saturated rings. The molecule has 8 nitrogen and oxygen atoms in total. The fourth-order valence-corrected chi connectivity index (χ4v) is 4.29. The summed E-state index contributed by atoms with van der Waals surface area (Å²) >= 11 is 0. The Morgan fingerprint density at radius 3 is 2.45 bits per heavy atom. The highest BCUT2D eigenvalue weighted by atomic mass is 16.5. The fourth-order valence-electron chi connectivity index (χ4n) is 4.29. The van der Waals surface area contributed by atoms with Crippen molar-refractivity contribution in [1.82, 2.24) is 14.7 Å². The number of benzene rings is 1. The molecule has 0 radical (unpaired) electrons. The molecule has 2 aliphatic heterocycles.